The second-order valence-corrected chi connectivity index (χ2v) is 9.19. The molecule has 7 heteroatoms. The van der Waals surface area contributed by atoms with Crippen LogP contribution in [0.15, 0.2) is 40.9 Å². The summed E-state index contributed by atoms with van der Waals surface area (Å²) < 4.78 is 1.94. The van der Waals surface area contributed by atoms with Crippen molar-refractivity contribution in [1.29, 1.82) is 0 Å². The SMILES string of the molecule is CC(C)c1cccc(C(C)C)c1NC(=O)CSc1nnc(-c2cccs2)n1C. The van der Waals surface area contributed by atoms with E-state index in [1.54, 1.807) is 11.3 Å². The normalized spacial score (nSPS) is 11.4. The number of amides is 1. The van der Waals surface area contributed by atoms with Crippen LogP contribution in [0.1, 0.15) is 50.7 Å². The van der Waals surface area contributed by atoms with Crippen molar-refractivity contribution in [3.8, 4) is 10.7 Å². The molecule has 0 aliphatic heterocycles. The van der Waals surface area contributed by atoms with E-state index in [2.05, 4.69) is 61.4 Å². The molecule has 3 rings (SSSR count). The first-order valence-corrected chi connectivity index (χ1v) is 11.2. The number of anilines is 1. The summed E-state index contributed by atoms with van der Waals surface area (Å²) in [6, 6.07) is 10.3. The second kappa shape index (κ2) is 8.92. The molecule has 0 atom stereocenters. The molecule has 148 valence electrons. The van der Waals surface area contributed by atoms with E-state index in [4.69, 9.17) is 0 Å². The minimum Gasteiger partial charge on any atom is -0.325 e. The Balaban J connectivity index is 1.72. The maximum Gasteiger partial charge on any atom is 0.234 e. The Morgan fingerprint density at radius 1 is 1.11 bits per heavy atom. The van der Waals surface area contributed by atoms with E-state index in [0.29, 0.717) is 17.6 Å². The molecule has 3 aromatic rings. The molecular formula is C21H26N4OS2. The number of thioether (sulfide) groups is 1. The highest BCUT2D eigenvalue weighted by molar-refractivity contribution is 7.99. The zero-order valence-corrected chi connectivity index (χ0v) is 18.5. The van der Waals surface area contributed by atoms with Gasteiger partial charge in [0, 0.05) is 12.7 Å². The maximum atomic E-state index is 12.7. The van der Waals surface area contributed by atoms with Crippen molar-refractivity contribution in [3.05, 3.63) is 46.8 Å². The average molecular weight is 415 g/mol. The molecule has 0 radical (unpaired) electrons. The molecule has 0 saturated heterocycles. The van der Waals surface area contributed by atoms with E-state index in [0.717, 1.165) is 21.5 Å². The van der Waals surface area contributed by atoms with Crippen molar-refractivity contribution in [2.75, 3.05) is 11.1 Å². The molecule has 1 N–H and O–H groups in total. The van der Waals surface area contributed by atoms with Crippen LogP contribution in [-0.2, 0) is 11.8 Å². The lowest BCUT2D eigenvalue weighted by Crippen LogP contribution is -2.18. The molecule has 2 aromatic heterocycles. The van der Waals surface area contributed by atoms with Gasteiger partial charge in [0.15, 0.2) is 11.0 Å². The molecule has 28 heavy (non-hydrogen) atoms. The van der Waals surface area contributed by atoms with Crippen LogP contribution in [0.25, 0.3) is 10.7 Å². The van der Waals surface area contributed by atoms with Gasteiger partial charge < -0.3 is 9.88 Å². The fraction of sp³-hybridized carbons (Fsp3) is 0.381. The summed E-state index contributed by atoms with van der Waals surface area (Å²) in [4.78, 5) is 13.8. The van der Waals surface area contributed by atoms with E-state index < -0.39 is 0 Å². The number of rotatable bonds is 7. The molecule has 0 spiro atoms. The fourth-order valence-corrected chi connectivity index (χ4v) is 4.52. The van der Waals surface area contributed by atoms with Crippen LogP contribution < -0.4 is 5.32 Å². The van der Waals surface area contributed by atoms with Crippen LogP contribution in [-0.4, -0.2) is 26.4 Å². The molecule has 0 saturated carbocycles. The molecule has 1 amide bonds. The van der Waals surface area contributed by atoms with Gasteiger partial charge in [-0.1, -0.05) is 63.7 Å². The van der Waals surface area contributed by atoms with Crippen molar-refractivity contribution >= 4 is 34.7 Å². The number of benzene rings is 1. The van der Waals surface area contributed by atoms with Crippen molar-refractivity contribution in [3.63, 3.8) is 0 Å². The van der Waals surface area contributed by atoms with Gasteiger partial charge in [0.2, 0.25) is 5.91 Å². The Bertz CT molecular complexity index is 919. The number of carbonyl (C=O) groups is 1. The number of nitrogens with one attached hydrogen (secondary N) is 1. The number of carbonyl (C=O) groups excluding carboxylic acids is 1. The summed E-state index contributed by atoms with van der Waals surface area (Å²) in [5.74, 6) is 1.77. The summed E-state index contributed by atoms with van der Waals surface area (Å²) in [6.07, 6.45) is 0. The van der Waals surface area contributed by atoms with Gasteiger partial charge >= 0.3 is 0 Å². The topological polar surface area (TPSA) is 59.8 Å². The van der Waals surface area contributed by atoms with E-state index in [1.807, 2.05) is 29.1 Å². The maximum absolute atomic E-state index is 12.7. The lowest BCUT2D eigenvalue weighted by atomic mass is 9.92. The summed E-state index contributed by atoms with van der Waals surface area (Å²) in [6.45, 7) is 8.59. The number of aromatic nitrogens is 3. The van der Waals surface area contributed by atoms with Gasteiger partial charge in [-0.05, 0) is 34.4 Å². The number of nitrogens with zero attached hydrogens (tertiary/aromatic N) is 3. The molecule has 0 unspecified atom stereocenters. The van der Waals surface area contributed by atoms with Gasteiger partial charge in [-0.25, -0.2) is 0 Å². The molecule has 1 aromatic carbocycles. The monoisotopic (exact) mass is 414 g/mol. The van der Waals surface area contributed by atoms with Gasteiger partial charge in [0.25, 0.3) is 0 Å². The van der Waals surface area contributed by atoms with Gasteiger partial charge in [-0.3, -0.25) is 4.79 Å². The quantitative estimate of drug-likeness (QED) is 0.517. The van der Waals surface area contributed by atoms with Crippen LogP contribution in [0.4, 0.5) is 5.69 Å². The lowest BCUT2D eigenvalue weighted by molar-refractivity contribution is -0.113. The zero-order chi connectivity index (χ0) is 20.3. The molecule has 0 bridgehead atoms. The molecule has 2 heterocycles. The smallest absolute Gasteiger partial charge is 0.234 e. The van der Waals surface area contributed by atoms with Crippen LogP contribution in [0.5, 0.6) is 0 Å². The summed E-state index contributed by atoms with van der Waals surface area (Å²) in [7, 11) is 1.93. The first-order chi connectivity index (χ1) is 13.4. The van der Waals surface area contributed by atoms with E-state index in [9.17, 15) is 4.79 Å². The number of para-hydroxylation sites is 1. The van der Waals surface area contributed by atoms with Crippen LogP contribution in [0.2, 0.25) is 0 Å². The number of hydrogen-bond donors (Lipinski definition) is 1. The Hall–Kier alpha value is -2.12. The molecule has 5 nitrogen and oxygen atoms in total. The average Bonchev–Trinajstić information content (AvgIpc) is 3.29. The highest BCUT2D eigenvalue weighted by Crippen LogP contribution is 2.33. The van der Waals surface area contributed by atoms with E-state index >= 15 is 0 Å². The van der Waals surface area contributed by atoms with E-state index in [-0.39, 0.29) is 5.91 Å². The third kappa shape index (κ3) is 4.47. The van der Waals surface area contributed by atoms with Gasteiger partial charge in [-0.15, -0.1) is 21.5 Å². The van der Waals surface area contributed by atoms with Gasteiger partial charge in [0.05, 0.1) is 10.6 Å². The predicted octanol–water partition coefficient (Wildman–Crippen LogP) is 5.52. The number of hydrogen-bond acceptors (Lipinski definition) is 5. The van der Waals surface area contributed by atoms with Crippen molar-refractivity contribution in [2.45, 2.75) is 44.7 Å². The first kappa shape index (κ1) is 20.6. The summed E-state index contributed by atoms with van der Waals surface area (Å²) in [5.41, 5.74) is 3.29. The van der Waals surface area contributed by atoms with Crippen molar-refractivity contribution < 1.29 is 4.79 Å². The highest BCUT2D eigenvalue weighted by Gasteiger charge is 2.17. The second-order valence-electron chi connectivity index (χ2n) is 7.30. The zero-order valence-electron chi connectivity index (χ0n) is 16.9. The molecular weight excluding hydrogens is 388 g/mol. The Morgan fingerprint density at radius 2 is 1.79 bits per heavy atom. The fourth-order valence-electron chi connectivity index (χ4n) is 3.06. The third-order valence-electron chi connectivity index (χ3n) is 4.55. The Labute approximate surface area is 174 Å². The number of thiophene rings is 1. The van der Waals surface area contributed by atoms with Crippen LogP contribution in [0, 0.1) is 0 Å². The van der Waals surface area contributed by atoms with E-state index in [1.165, 1.54) is 22.9 Å². The predicted molar refractivity (Wildman–Crippen MR) is 118 cm³/mol. The largest absolute Gasteiger partial charge is 0.325 e. The summed E-state index contributed by atoms with van der Waals surface area (Å²) >= 11 is 3.03. The van der Waals surface area contributed by atoms with Gasteiger partial charge in [-0.2, -0.15) is 0 Å². The molecule has 0 aliphatic carbocycles. The standard InChI is InChI=1S/C21H26N4OS2/c1-13(2)15-8-6-9-16(14(3)4)19(15)22-18(26)12-28-21-24-23-20(25(21)5)17-10-7-11-27-17/h6-11,13-14H,12H2,1-5H3,(H,22,26). The van der Waals surface area contributed by atoms with Crippen molar-refractivity contribution in [1.82, 2.24) is 14.8 Å². The summed E-state index contributed by atoms with van der Waals surface area (Å²) in [5, 5.41) is 14.4. The molecule has 0 fully saturated rings. The van der Waals surface area contributed by atoms with Gasteiger partial charge in [0.1, 0.15) is 0 Å². The highest BCUT2D eigenvalue weighted by atomic mass is 32.2. The van der Waals surface area contributed by atoms with Crippen LogP contribution in [0.3, 0.4) is 0 Å². The van der Waals surface area contributed by atoms with Crippen LogP contribution >= 0.6 is 23.1 Å². The lowest BCUT2D eigenvalue weighted by Gasteiger charge is -2.20. The minimum atomic E-state index is -0.0272. The Kier molecular flexibility index (Phi) is 6.57. The first-order valence-electron chi connectivity index (χ1n) is 9.37. The Morgan fingerprint density at radius 3 is 2.36 bits per heavy atom. The molecule has 0 aliphatic rings. The van der Waals surface area contributed by atoms with Crippen molar-refractivity contribution in [2.24, 2.45) is 7.05 Å². The third-order valence-corrected chi connectivity index (χ3v) is 6.43. The minimum absolute atomic E-state index is 0.0272.